The molecular formula is C22H31N5O2. The standard InChI is InChI=1S/C22H31N5O2/c1-14-20(15(2)25(5)23-14)13-24(4)11-18-6-7-21-19-8-17(10-27(21)22(18)29)9-26(12-19)16(3)28/h6-7,17,19H,8-13H2,1-5H3/t17-,19+/m0/s1. The topological polar surface area (TPSA) is 63.4 Å². The molecule has 0 spiro atoms. The number of likely N-dealkylation sites (tertiary alicyclic amines) is 1. The zero-order chi connectivity index (χ0) is 20.9. The van der Waals surface area contributed by atoms with Crippen molar-refractivity contribution in [1.82, 2.24) is 24.1 Å². The molecule has 1 saturated heterocycles. The smallest absolute Gasteiger partial charge is 0.255 e. The minimum absolute atomic E-state index is 0.125. The third-order valence-corrected chi connectivity index (χ3v) is 6.66. The second-order valence-corrected chi connectivity index (χ2v) is 8.87. The molecule has 2 aromatic heterocycles. The first-order valence-corrected chi connectivity index (χ1v) is 10.4. The van der Waals surface area contributed by atoms with E-state index < -0.39 is 0 Å². The summed E-state index contributed by atoms with van der Waals surface area (Å²) in [6, 6.07) is 4.09. The predicted octanol–water partition coefficient (Wildman–Crippen LogP) is 1.80. The van der Waals surface area contributed by atoms with Crippen LogP contribution in [0.2, 0.25) is 0 Å². The first-order chi connectivity index (χ1) is 13.7. The first kappa shape index (κ1) is 19.9. The van der Waals surface area contributed by atoms with Gasteiger partial charge in [0, 0.05) is 75.1 Å². The van der Waals surface area contributed by atoms with Gasteiger partial charge in [0.25, 0.3) is 5.56 Å². The number of piperidine rings is 1. The van der Waals surface area contributed by atoms with Crippen LogP contribution in [0.1, 0.15) is 47.5 Å². The van der Waals surface area contributed by atoms with Crippen LogP contribution in [0, 0.1) is 19.8 Å². The van der Waals surface area contributed by atoms with Crippen LogP contribution in [0.3, 0.4) is 0 Å². The van der Waals surface area contributed by atoms with Gasteiger partial charge >= 0.3 is 0 Å². The lowest BCUT2D eigenvalue weighted by atomic mass is 9.83. The molecule has 2 aliphatic heterocycles. The summed E-state index contributed by atoms with van der Waals surface area (Å²) in [4.78, 5) is 29.2. The number of hydrogen-bond donors (Lipinski definition) is 0. The third-order valence-electron chi connectivity index (χ3n) is 6.66. The lowest BCUT2D eigenvalue weighted by Crippen LogP contribution is -2.49. The van der Waals surface area contributed by atoms with Crippen LogP contribution < -0.4 is 5.56 Å². The van der Waals surface area contributed by atoms with Crippen molar-refractivity contribution in [3.8, 4) is 0 Å². The maximum atomic E-state index is 13.2. The highest BCUT2D eigenvalue weighted by Crippen LogP contribution is 2.35. The summed E-state index contributed by atoms with van der Waals surface area (Å²) in [6.07, 6.45) is 1.07. The van der Waals surface area contributed by atoms with Crippen molar-refractivity contribution in [1.29, 1.82) is 0 Å². The van der Waals surface area contributed by atoms with Crippen molar-refractivity contribution >= 4 is 5.91 Å². The Labute approximate surface area is 171 Å². The number of carbonyl (C=O) groups is 1. The molecule has 0 unspecified atom stereocenters. The molecule has 0 radical (unpaired) electrons. The molecule has 0 aliphatic carbocycles. The van der Waals surface area contributed by atoms with Crippen molar-refractivity contribution in [2.24, 2.45) is 13.0 Å². The number of carbonyl (C=O) groups excluding carboxylic acids is 1. The van der Waals surface area contributed by atoms with Gasteiger partial charge in [-0.2, -0.15) is 5.10 Å². The lowest BCUT2D eigenvalue weighted by Gasteiger charge is -2.42. The Balaban J connectivity index is 1.54. The number of fused-ring (bicyclic) bond motifs is 4. The quantitative estimate of drug-likeness (QED) is 0.789. The van der Waals surface area contributed by atoms with E-state index in [4.69, 9.17) is 0 Å². The van der Waals surface area contributed by atoms with Crippen LogP contribution in [0.5, 0.6) is 0 Å². The lowest BCUT2D eigenvalue weighted by molar-refractivity contribution is -0.131. The van der Waals surface area contributed by atoms with Crippen LogP contribution in [-0.2, 0) is 31.5 Å². The maximum absolute atomic E-state index is 13.2. The fourth-order valence-corrected chi connectivity index (χ4v) is 5.03. The molecular weight excluding hydrogens is 366 g/mol. The predicted molar refractivity (Wildman–Crippen MR) is 112 cm³/mol. The Hall–Kier alpha value is -2.41. The third kappa shape index (κ3) is 3.64. The van der Waals surface area contributed by atoms with Gasteiger partial charge in [-0.1, -0.05) is 6.07 Å². The number of pyridine rings is 1. The van der Waals surface area contributed by atoms with E-state index in [9.17, 15) is 9.59 Å². The molecule has 0 saturated carbocycles. The van der Waals surface area contributed by atoms with Gasteiger partial charge in [-0.3, -0.25) is 19.2 Å². The van der Waals surface area contributed by atoms with Crippen LogP contribution in [0.4, 0.5) is 0 Å². The molecule has 156 valence electrons. The normalized spacial score (nSPS) is 20.8. The fraction of sp³-hybridized carbons (Fsp3) is 0.591. The summed E-state index contributed by atoms with van der Waals surface area (Å²) < 4.78 is 3.88. The number of aryl methyl sites for hydroxylation is 2. The van der Waals surface area contributed by atoms with E-state index in [2.05, 4.69) is 30.0 Å². The molecule has 2 aliphatic rings. The van der Waals surface area contributed by atoms with Gasteiger partial charge in [-0.15, -0.1) is 0 Å². The Morgan fingerprint density at radius 3 is 2.62 bits per heavy atom. The van der Waals surface area contributed by atoms with Crippen molar-refractivity contribution in [3.05, 3.63) is 50.7 Å². The maximum Gasteiger partial charge on any atom is 0.255 e. The van der Waals surface area contributed by atoms with Gasteiger partial charge in [-0.05, 0) is 39.3 Å². The summed E-state index contributed by atoms with van der Waals surface area (Å²) in [5.74, 6) is 0.776. The number of aromatic nitrogens is 3. The first-order valence-electron chi connectivity index (χ1n) is 10.4. The number of nitrogens with zero attached hydrogens (tertiary/aromatic N) is 5. The largest absolute Gasteiger partial charge is 0.342 e. The van der Waals surface area contributed by atoms with E-state index in [1.807, 2.05) is 34.2 Å². The molecule has 2 aromatic rings. The van der Waals surface area contributed by atoms with E-state index in [-0.39, 0.29) is 17.4 Å². The van der Waals surface area contributed by atoms with E-state index >= 15 is 0 Å². The average molecular weight is 398 g/mol. The minimum atomic E-state index is 0.125. The summed E-state index contributed by atoms with van der Waals surface area (Å²) in [5, 5.41) is 4.49. The number of amides is 1. The molecule has 7 heteroatoms. The highest BCUT2D eigenvalue weighted by Gasteiger charge is 2.35. The van der Waals surface area contributed by atoms with Gasteiger partial charge in [0.1, 0.15) is 0 Å². The van der Waals surface area contributed by atoms with Crippen LogP contribution in [-0.4, -0.2) is 50.2 Å². The van der Waals surface area contributed by atoms with Crippen molar-refractivity contribution in [3.63, 3.8) is 0 Å². The molecule has 2 bridgehead atoms. The van der Waals surface area contributed by atoms with Gasteiger partial charge in [0.2, 0.25) is 5.91 Å². The molecule has 4 heterocycles. The van der Waals surface area contributed by atoms with E-state index in [1.54, 1.807) is 6.92 Å². The molecule has 4 rings (SSSR count). The van der Waals surface area contributed by atoms with Gasteiger partial charge in [-0.25, -0.2) is 0 Å². The summed E-state index contributed by atoms with van der Waals surface area (Å²) in [6.45, 7) is 9.34. The van der Waals surface area contributed by atoms with E-state index in [0.29, 0.717) is 19.0 Å². The van der Waals surface area contributed by atoms with Crippen molar-refractivity contribution in [2.75, 3.05) is 20.1 Å². The highest BCUT2D eigenvalue weighted by atomic mass is 16.2. The molecule has 2 atom stereocenters. The SMILES string of the molecule is CC(=O)N1C[C@@H]2C[C@H](C1)c1ccc(CN(C)Cc3c(C)nn(C)c3C)c(=O)n1C2. The highest BCUT2D eigenvalue weighted by molar-refractivity contribution is 5.73. The minimum Gasteiger partial charge on any atom is -0.342 e. The zero-order valence-electron chi connectivity index (χ0n) is 18.1. The van der Waals surface area contributed by atoms with Crippen molar-refractivity contribution in [2.45, 2.75) is 52.7 Å². The summed E-state index contributed by atoms with van der Waals surface area (Å²) in [7, 11) is 4.01. The zero-order valence-corrected chi connectivity index (χ0v) is 18.1. The fourth-order valence-electron chi connectivity index (χ4n) is 5.03. The Kier molecular flexibility index (Phi) is 5.11. The number of hydrogen-bond acceptors (Lipinski definition) is 4. The van der Waals surface area contributed by atoms with Crippen LogP contribution in [0.25, 0.3) is 0 Å². The van der Waals surface area contributed by atoms with Gasteiger partial charge in [0.15, 0.2) is 0 Å². The monoisotopic (exact) mass is 397 g/mol. The van der Waals surface area contributed by atoms with Gasteiger partial charge < -0.3 is 9.47 Å². The Morgan fingerprint density at radius 1 is 1.21 bits per heavy atom. The number of rotatable bonds is 4. The Bertz CT molecular complexity index is 1010. The Morgan fingerprint density at radius 2 is 1.97 bits per heavy atom. The second kappa shape index (κ2) is 7.44. The summed E-state index contributed by atoms with van der Waals surface area (Å²) in [5.41, 5.74) is 5.48. The van der Waals surface area contributed by atoms with Crippen LogP contribution in [0.15, 0.2) is 16.9 Å². The van der Waals surface area contributed by atoms with Crippen LogP contribution >= 0.6 is 0 Å². The second-order valence-electron chi connectivity index (χ2n) is 8.87. The van der Waals surface area contributed by atoms with Gasteiger partial charge in [0.05, 0.1) is 5.69 Å². The molecule has 1 fully saturated rings. The summed E-state index contributed by atoms with van der Waals surface area (Å²) >= 11 is 0. The molecule has 0 N–H and O–H groups in total. The molecule has 0 aromatic carbocycles. The molecule has 7 nitrogen and oxygen atoms in total. The average Bonchev–Trinajstić information content (AvgIpc) is 2.90. The molecule has 29 heavy (non-hydrogen) atoms. The van der Waals surface area contributed by atoms with E-state index in [1.165, 1.54) is 11.3 Å². The van der Waals surface area contributed by atoms with Crippen molar-refractivity contribution < 1.29 is 4.79 Å². The molecule has 1 amide bonds. The van der Waals surface area contributed by atoms with E-state index in [0.717, 1.165) is 43.0 Å².